The molecule has 2 unspecified atom stereocenters. The first-order valence-corrected chi connectivity index (χ1v) is 7.33. The minimum atomic E-state index is -0.837. The molecular weight excluding hydrogens is 236 g/mol. The lowest BCUT2D eigenvalue weighted by Gasteiger charge is -2.14. The Bertz CT molecular complexity index is 397. The number of anilines is 2. The molecule has 3 N–H and O–H groups in total. The third kappa shape index (κ3) is 3.96. The van der Waals surface area contributed by atoms with Gasteiger partial charge in [-0.05, 0) is 13.3 Å². The Kier molecular flexibility index (Phi) is 5.34. The van der Waals surface area contributed by atoms with Crippen molar-refractivity contribution in [3.8, 4) is 0 Å². The van der Waals surface area contributed by atoms with Crippen LogP contribution in [0.25, 0.3) is 0 Å². The molecule has 0 aliphatic rings. The molecule has 2 atom stereocenters. The number of nitrogens with zero attached hydrogens (tertiary/aromatic N) is 2. The molecule has 0 saturated heterocycles. The molecule has 96 valence electrons. The monoisotopic (exact) mass is 256 g/mol. The summed E-state index contributed by atoms with van der Waals surface area (Å²) in [5.74, 6) is 1.28. The first-order chi connectivity index (χ1) is 8.06. The molecular formula is C11H20N4OS. The van der Waals surface area contributed by atoms with Crippen molar-refractivity contribution in [1.29, 1.82) is 0 Å². The zero-order valence-electron chi connectivity index (χ0n) is 10.6. The van der Waals surface area contributed by atoms with Crippen molar-refractivity contribution in [2.75, 3.05) is 23.9 Å². The maximum absolute atomic E-state index is 11.3. The Morgan fingerprint density at radius 3 is 2.82 bits per heavy atom. The van der Waals surface area contributed by atoms with Crippen molar-refractivity contribution >= 4 is 22.4 Å². The predicted molar refractivity (Wildman–Crippen MR) is 72.5 cm³/mol. The highest BCUT2D eigenvalue weighted by atomic mass is 32.2. The van der Waals surface area contributed by atoms with E-state index in [-0.39, 0.29) is 5.25 Å². The van der Waals surface area contributed by atoms with Gasteiger partial charge in [0.15, 0.2) is 0 Å². The number of rotatable bonds is 6. The molecule has 6 heteroatoms. The number of nitrogen functional groups attached to an aromatic ring is 1. The molecule has 1 aromatic heterocycles. The highest BCUT2D eigenvalue weighted by molar-refractivity contribution is 7.84. The zero-order chi connectivity index (χ0) is 12.8. The molecule has 5 nitrogen and oxygen atoms in total. The molecule has 0 spiro atoms. The fourth-order valence-electron chi connectivity index (χ4n) is 1.43. The summed E-state index contributed by atoms with van der Waals surface area (Å²) < 4.78 is 11.3. The van der Waals surface area contributed by atoms with Crippen LogP contribution in [-0.4, -0.2) is 32.2 Å². The number of hydrogen-bond donors (Lipinski definition) is 2. The molecule has 0 aliphatic heterocycles. The lowest BCUT2D eigenvalue weighted by atomic mass is 10.1. The van der Waals surface area contributed by atoms with Crippen LogP contribution in [0.2, 0.25) is 0 Å². The Hall–Kier alpha value is -1.17. The molecule has 0 radical (unpaired) electrons. The van der Waals surface area contributed by atoms with E-state index in [0.717, 1.165) is 24.2 Å². The molecule has 0 aromatic carbocycles. The Morgan fingerprint density at radius 2 is 2.24 bits per heavy atom. The lowest BCUT2D eigenvalue weighted by molar-refractivity contribution is 0.678. The largest absolute Gasteiger partial charge is 0.383 e. The van der Waals surface area contributed by atoms with Crippen LogP contribution in [0.15, 0.2) is 6.33 Å². The fourth-order valence-corrected chi connectivity index (χ4v) is 1.75. The van der Waals surface area contributed by atoms with Crippen molar-refractivity contribution < 1.29 is 4.21 Å². The van der Waals surface area contributed by atoms with E-state index in [4.69, 9.17) is 5.73 Å². The summed E-state index contributed by atoms with van der Waals surface area (Å²) >= 11 is 0. The van der Waals surface area contributed by atoms with E-state index in [1.54, 1.807) is 6.26 Å². The van der Waals surface area contributed by atoms with Crippen molar-refractivity contribution in [3.63, 3.8) is 0 Å². The van der Waals surface area contributed by atoms with Crippen LogP contribution in [0.1, 0.15) is 25.8 Å². The summed E-state index contributed by atoms with van der Waals surface area (Å²) in [6.45, 7) is 4.64. The van der Waals surface area contributed by atoms with E-state index >= 15 is 0 Å². The highest BCUT2D eigenvalue weighted by Crippen LogP contribution is 2.18. The second kappa shape index (κ2) is 6.54. The van der Waals surface area contributed by atoms with Crippen molar-refractivity contribution in [3.05, 3.63) is 11.9 Å². The number of nitrogens with one attached hydrogen (secondary N) is 1. The summed E-state index contributed by atoms with van der Waals surface area (Å²) in [6, 6.07) is 0. The minimum absolute atomic E-state index is 0.0840. The lowest BCUT2D eigenvalue weighted by Crippen LogP contribution is -2.22. The van der Waals surface area contributed by atoms with E-state index in [0.29, 0.717) is 12.4 Å². The van der Waals surface area contributed by atoms with Gasteiger partial charge in [-0.1, -0.05) is 13.3 Å². The van der Waals surface area contributed by atoms with Crippen LogP contribution in [0.4, 0.5) is 11.6 Å². The predicted octanol–water partition coefficient (Wildman–Crippen LogP) is 1.19. The van der Waals surface area contributed by atoms with Crippen LogP contribution in [-0.2, 0) is 17.2 Å². The fraction of sp³-hybridized carbons (Fsp3) is 0.636. The maximum atomic E-state index is 11.3. The molecule has 1 aromatic rings. The van der Waals surface area contributed by atoms with Gasteiger partial charge < -0.3 is 11.1 Å². The van der Waals surface area contributed by atoms with Crippen LogP contribution in [0.3, 0.4) is 0 Å². The quantitative estimate of drug-likeness (QED) is 0.799. The molecule has 0 fully saturated rings. The second-order valence-electron chi connectivity index (χ2n) is 4.03. The normalized spacial score (nSPS) is 14.3. The van der Waals surface area contributed by atoms with E-state index < -0.39 is 10.8 Å². The average molecular weight is 256 g/mol. The molecule has 17 heavy (non-hydrogen) atoms. The molecule has 0 bridgehead atoms. The summed E-state index contributed by atoms with van der Waals surface area (Å²) in [5.41, 5.74) is 6.77. The van der Waals surface area contributed by atoms with Gasteiger partial charge in [0.2, 0.25) is 0 Å². The molecule has 0 saturated carbocycles. The van der Waals surface area contributed by atoms with Gasteiger partial charge in [0.1, 0.15) is 18.0 Å². The first-order valence-electron chi connectivity index (χ1n) is 5.71. The highest BCUT2D eigenvalue weighted by Gasteiger charge is 2.10. The van der Waals surface area contributed by atoms with Crippen LogP contribution in [0, 0.1) is 0 Å². The molecule has 1 rings (SSSR count). The molecule has 0 amide bonds. The minimum Gasteiger partial charge on any atom is -0.383 e. The summed E-state index contributed by atoms with van der Waals surface area (Å²) in [6.07, 6.45) is 4.98. The van der Waals surface area contributed by atoms with Crippen LogP contribution in [0.5, 0.6) is 0 Å². The summed E-state index contributed by atoms with van der Waals surface area (Å²) in [5, 5.41) is 3.28. The maximum Gasteiger partial charge on any atom is 0.134 e. The average Bonchev–Trinajstić information content (AvgIpc) is 2.29. The third-order valence-corrected chi connectivity index (χ3v) is 3.90. The topological polar surface area (TPSA) is 80.9 Å². The Morgan fingerprint density at radius 1 is 1.53 bits per heavy atom. The van der Waals surface area contributed by atoms with Gasteiger partial charge in [-0.25, -0.2) is 9.97 Å². The zero-order valence-corrected chi connectivity index (χ0v) is 11.4. The van der Waals surface area contributed by atoms with Gasteiger partial charge in [0, 0.05) is 34.4 Å². The van der Waals surface area contributed by atoms with E-state index in [2.05, 4.69) is 22.2 Å². The van der Waals surface area contributed by atoms with E-state index in [1.165, 1.54) is 6.33 Å². The summed E-state index contributed by atoms with van der Waals surface area (Å²) in [7, 11) is -0.837. The van der Waals surface area contributed by atoms with Crippen molar-refractivity contribution in [2.45, 2.75) is 31.9 Å². The van der Waals surface area contributed by atoms with Gasteiger partial charge in [0.25, 0.3) is 0 Å². The molecule has 0 aliphatic carbocycles. The van der Waals surface area contributed by atoms with Gasteiger partial charge in [-0.3, -0.25) is 4.21 Å². The standard InChI is InChI=1S/C11H20N4OS/c1-4-5-9-10(12)14-7-15-11(9)13-6-8(2)17(3)16/h7-8H,4-6H2,1-3H3,(H3,12,13,14,15). The number of aromatic nitrogens is 2. The first kappa shape index (κ1) is 13.9. The van der Waals surface area contributed by atoms with Crippen molar-refractivity contribution in [2.24, 2.45) is 0 Å². The van der Waals surface area contributed by atoms with Crippen LogP contribution < -0.4 is 11.1 Å². The number of nitrogens with two attached hydrogens (primary N) is 1. The second-order valence-corrected chi connectivity index (χ2v) is 5.83. The Labute approximate surface area is 105 Å². The van der Waals surface area contributed by atoms with E-state index in [9.17, 15) is 4.21 Å². The van der Waals surface area contributed by atoms with Crippen LogP contribution >= 0.6 is 0 Å². The van der Waals surface area contributed by atoms with Gasteiger partial charge in [-0.15, -0.1) is 0 Å². The number of hydrogen-bond acceptors (Lipinski definition) is 5. The van der Waals surface area contributed by atoms with Gasteiger partial charge >= 0.3 is 0 Å². The smallest absolute Gasteiger partial charge is 0.134 e. The molecule has 1 heterocycles. The van der Waals surface area contributed by atoms with E-state index in [1.807, 2.05) is 6.92 Å². The summed E-state index contributed by atoms with van der Waals surface area (Å²) in [4.78, 5) is 8.18. The Balaban J connectivity index is 2.76. The van der Waals surface area contributed by atoms with Crippen molar-refractivity contribution in [1.82, 2.24) is 9.97 Å². The van der Waals surface area contributed by atoms with Gasteiger partial charge in [-0.2, -0.15) is 0 Å². The SMILES string of the molecule is CCCc1c(N)ncnc1NCC(C)S(C)=O. The third-order valence-electron chi connectivity index (χ3n) is 2.60. The van der Waals surface area contributed by atoms with Gasteiger partial charge in [0.05, 0.1) is 0 Å².